The van der Waals surface area contributed by atoms with Crippen molar-refractivity contribution in [3.63, 3.8) is 0 Å². The second-order valence-corrected chi connectivity index (χ2v) is 6.44. The molecule has 2 N–H and O–H groups in total. The highest BCUT2D eigenvalue weighted by Gasteiger charge is 2.10. The first-order valence-electron chi connectivity index (χ1n) is 9.20. The molecule has 9 nitrogen and oxygen atoms in total. The maximum absolute atomic E-state index is 12.4. The minimum Gasteiger partial charge on any atom is -0.493 e. The van der Waals surface area contributed by atoms with Crippen LogP contribution >= 0.6 is 0 Å². The highest BCUT2D eigenvalue weighted by molar-refractivity contribution is 5.84. The summed E-state index contributed by atoms with van der Waals surface area (Å²) in [6, 6.07) is 12.2. The number of hydrogen-bond donors (Lipinski definition) is 2. The molecule has 3 rings (SSSR count). The van der Waals surface area contributed by atoms with Crippen LogP contribution in [0.25, 0.3) is 10.9 Å². The molecule has 0 aliphatic carbocycles. The lowest BCUT2D eigenvalue weighted by molar-refractivity contribution is -0.126. The Bertz CT molecular complexity index is 1130. The van der Waals surface area contributed by atoms with Crippen LogP contribution in [0.15, 0.2) is 53.6 Å². The summed E-state index contributed by atoms with van der Waals surface area (Å²) in [6.45, 7) is -0.162. The number of fused-ring (bicyclic) bond motifs is 1. The third-order valence-corrected chi connectivity index (χ3v) is 4.43. The summed E-state index contributed by atoms with van der Waals surface area (Å²) in [7, 11) is 3.08. The number of ether oxygens (including phenoxy) is 2. The van der Waals surface area contributed by atoms with Crippen LogP contribution < -0.4 is 25.7 Å². The van der Waals surface area contributed by atoms with E-state index < -0.39 is 5.91 Å². The minimum atomic E-state index is -0.463. The molecule has 1 heterocycles. The number of nitrogens with one attached hydrogen (secondary N) is 2. The van der Waals surface area contributed by atoms with Crippen LogP contribution in [-0.4, -0.2) is 42.1 Å². The summed E-state index contributed by atoms with van der Waals surface area (Å²) in [5.74, 6) is 0.336. The minimum absolute atomic E-state index is 0.206. The van der Waals surface area contributed by atoms with E-state index in [-0.39, 0.29) is 31.1 Å². The van der Waals surface area contributed by atoms with E-state index >= 15 is 0 Å². The van der Waals surface area contributed by atoms with Gasteiger partial charge in [-0.1, -0.05) is 18.2 Å². The van der Waals surface area contributed by atoms with Crippen LogP contribution in [-0.2, 0) is 22.7 Å². The van der Waals surface area contributed by atoms with Crippen LogP contribution in [0.5, 0.6) is 11.5 Å². The van der Waals surface area contributed by atoms with E-state index in [1.165, 1.54) is 18.0 Å². The summed E-state index contributed by atoms with van der Waals surface area (Å²) < 4.78 is 11.6. The lowest BCUT2D eigenvalue weighted by atomic mass is 10.2. The van der Waals surface area contributed by atoms with Gasteiger partial charge in [-0.15, -0.1) is 0 Å². The molecule has 0 fully saturated rings. The first-order chi connectivity index (χ1) is 14.5. The summed E-state index contributed by atoms with van der Waals surface area (Å²) >= 11 is 0. The summed E-state index contributed by atoms with van der Waals surface area (Å²) in [4.78, 5) is 40.7. The molecule has 0 spiro atoms. The fourth-order valence-corrected chi connectivity index (χ4v) is 2.86. The third kappa shape index (κ3) is 4.93. The number of aromatic nitrogens is 2. The predicted octanol–water partition coefficient (Wildman–Crippen LogP) is 0.846. The van der Waals surface area contributed by atoms with Gasteiger partial charge in [0.1, 0.15) is 6.54 Å². The molecule has 0 radical (unpaired) electrons. The van der Waals surface area contributed by atoms with Crippen molar-refractivity contribution in [1.82, 2.24) is 20.2 Å². The van der Waals surface area contributed by atoms with E-state index in [9.17, 15) is 14.4 Å². The van der Waals surface area contributed by atoms with E-state index in [4.69, 9.17) is 9.47 Å². The van der Waals surface area contributed by atoms with Gasteiger partial charge in [0, 0.05) is 6.54 Å². The molecule has 0 aliphatic rings. The first kappa shape index (κ1) is 20.8. The van der Waals surface area contributed by atoms with Gasteiger partial charge in [-0.25, -0.2) is 4.98 Å². The summed E-state index contributed by atoms with van der Waals surface area (Å²) in [5, 5.41) is 5.64. The van der Waals surface area contributed by atoms with Crippen LogP contribution in [0.1, 0.15) is 5.56 Å². The molecule has 0 saturated carbocycles. The molecule has 30 heavy (non-hydrogen) atoms. The Morgan fingerprint density at radius 1 is 1.00 bits per heavy atom. The standard InChI is InChI=1S/C21H22N4O5/c1-29-17-8-7-14(9-18(17)30-2)10-22-19(26)11-23-20(27)12-25-13-24-16-6-4-3-5-15(16)21(25)28/h3-9,13H,10-12H2,1-2H3,(H,22,26)(H,23,27). The van der Waals surface area contributed by atoms with Gasteiger partial charge in [-0.05, 0) is 29.8 Å². The second kappa shape index (κ2) is 9.55. The molecule has 0 atom stereocenters. The third-order valence-electron chi connectivity index (χ3n) is 4.43. The number of amides is 2. The van der Waals surface area contributed by atoms with Crippen LogP contribution in [0.3, 0.4) is 0 Å². The lowest BCUT2D eigenvalue weighted by Gasteiger charge is -2.11. The molecule has 0 aliphatic heterocycles. The fraction of sp³-hybridized carbons (Fsp3) is 0.238. The lowest BCUT2D eigenvalue weighted by Crippen LogP contribution is -2.39. The van der Waals surface area contributed by atoms with Gasteiger partial charge in [0.15, 0.2) is 11.5 Å². The van der Waals surface area contributed by atoms with Crippen LogP contribution in [0.4, 0.5) is 0 Å². The number of methoxy groups -OCH3 is 2. The number of carbonyl (C=O) groups is 2. The zero-order valence-corrected chi connectivity index (χ0v) is 16.7. The number of benzene rings is 2. The van der Waals surface area contributed by atoms with E-state index in [1.807, 2.05) is 0 Å². The second-order valence-electron chi connectivity index (χ2n) is 6.44. The van der Waals surface area contributed by atoms with E-state index in [1.54, 1.807) is 49.6 Å². The predicted molar refractivity (Wildman–Crippen MR) is 110 cm³/mol. The van der Waals surface area contributed by atoms with Gasteiger partial charge < -0.3 is 20.1 Å². The van der Waals surface area contributed by atoms with Gasteiger partial charge in [-0.3, -0.25) is 19.0 Å². The summed E-state index contributed by atoms with van der Waals surface area (Å²) in [6.07, 6.45) is 1.32. The Morgan fingerprint density at radius 2 is 1.77 bits per heavy atom. The zero-order chi connectivity index (χ0) is 21.5. The van der Waals surface area contributed by atoms with Crippen molar-refractivity contribution in [1.29, 1.82) is 0 Å². The molecular formula is C21H22N4O5. The molecule has 3 aromatic rings. The number of para-hydroxylation sites is 1. The highest BCUT2D eigenvalue weighted by atomic mass is 16.5. The maximum atomic E-state index is 12.4. The van der Waals surface area contributed by atoms with Crippen molar-refractivity contribution in [2.75, 3.05) is 20.8 Å². The van der Waals surface area contributed by atoms with Crippen molar-refractivity contribution in [2.24, 2.45) is 0 Å². The van der Waals surface area contributed by atoms with Crippen molar-refractivity contribution in [3.05, 3.63) is 64.7 Å². The topological polar surface area (TPSA) is 112 Å². The molecule has 0 saturated heterocycles. The van der Waals surface area contributed by atoms with Crippen molar-refractivity contribution in [3.8, 4) is 11.5 Å². The van der Waals surface area contributed by atoms with E-state index in [0.29, 0.717) is 22.4 Å². The fourth-order valence-electron chi connectivity index (χ4n) is 2.86. The maximum Gasteiger partial charge on any atom is 0.261 e. The molecule has 0 unspecified atom stereocenters. The normalized spacial score (nSPS) is 10.5. The van der Waals surface area contributed by atoms with Gasteiger partial charge in [-0.2, -0.15) is 0 Å². The van der Waals surface area contributed by atoms with Crippen molar-refractivity contribution < 1.29 is 19.1 Å². The zero-order valence-electron chi connectivity index (χ0n) is 16.7. The number of nitrogens with zero attached hydrogens (tertiary/aromatic N) is 2. The average molecular weight is 410 g/mol. The van der Waals surface area contributed by atoms with Gasteiger partial charge >= 0.3 is 0 Å². The average Bonchev–Trinajstić information content (AvgIpc) is 2.78. The quantitative estimate of drug-likeness (QED) is 0.569. The molecule has 2 amide bonds. The molecule has 2 aromatic carbocycles. The van der Waals surface area contributed by atoms with Gasteiger partial charge in [0.05, 0.1) is 38.0 Å². The van der Waals surface area contributed by atoms with Crippen LogP contribution in [0, 0.1) is 0 Å². The first-order valence-corrected chi connectivity index (χ1v) is 9.20. The van der Waals surface area contributed by atoms with Crippen LogP contribution in [0.2, 0.25) is 0 Å². The Morgan fingerprint density at radius 3 is 2.53 bits per heavy atom. The summed E-state index contributed by atoms with van der Waals surface area (Å²) in [5.41, 5.74) is 1.07. The molecule has 0 bridgehead atoms. The molecule has 1 aromatic heterocycles. The molecule has 9 heteroatoms. The SMILES string of the molecule is COc1ccc(CNC(=O)CNC(=O)Cn2cnc3ccccc3c2=O)cc1OC. The highest BCUT2D eigenvalue weighted by Crippen LogP contribution is 2.27. The van der Waals surface area contributed by atoms with Gasteiger partial charge in [0.25, 0.3) is 5.56 Å². The number of hydrogen-bond acceptors (Lipinski definition) is 6. The molecule has 156 valence electrons. The Balaban J connectivity index is 1.51. The Hall–Kier alpha value is -3.88. The Kier molecular flexibility index (Phi) is 6.63. The van der Waals surface area contributed by atoms with Crippen molar-refractivity contribution in [2.45, 2.75) is 13.1 Å². The van der Waals surface area contributed by atoms with Crippen molar-refractivity contribution >= 4 is 22.7 Å². The van der Waals surface area contributed by atoms with Gasteiger partial charge in [0.2, 0.25) is 11.8 Å². The monoisotopic (exact) mass is 410 g/mol. The van der Waals surface area contributed by atoms with E-state index in [2.05, 4.69) is 15.6 Å². The molecular weight excluding hydrogens is 388 g/mol. The number of carbonyl (C=O) groups excluding carboxylic acids is 2. The Labute approximate surface area is 172 Å². The largest absolute Gasteiger partial charge is 0.493 e. The number of rotatable bonds is 8. The van der Waals surface area contributed by atoms with E-state index in [0.717, 1.165) is 5.56 Å². The smallest absolute Gasteiger partial charge is 0.261 e.